The summed E-state index contributed by atoms with van der Waals surface area (Å²) in [6.07, 6.45) is 12.4. The van der Waals surface area contributed by atoms with Crippen molar-refractivity contribution in [3.05, 3.63) is 34.4 Å². The molecule has 1 aromatic heterocycles. The SMILES string of the molecule is C[C@]12CC[C@H](NC(=O)NC3CCN[C@H](CO)C3)C[C@H]1CC[C@@H]1[C@@H]2CC[C@]2(C)[C@@H](c3ccc(=O)oc3)CC[C@]12O. The summed E-state index contributed by atoms with van der Waals surface area (Å²) in [5, 5.41) is 31.6. The zero-order valence-electron chi connectivity index (χ0n) is 23.6. The summed E-state index contributed by atoms with van der Waals surface area (Å²) in [5.74, 6) is 1.57. The van der Waals surface area contributed by atoms with Crippen LogP contribution in [-0.2, 0) is 0 Å². The van der Waals surface area contributed by atoms with E-state index in [4.69, 9.17) is 4.42 Å². The van der Waals surface area contributed by atoms with Crippen molar-refractivity contribution in [2.45, 2.75) is 114 Å². The van der Waals surface area contributed by atoms with Crippen LogP contribution in [0.15, 0.2) is 27.6 Å². The molecule has 0 aromatic carbocycles. The summed E-state index contributed by atoms with van der Waals surface area (Å²) in [6, 6.07) is 3.70. The summed E-state index contributed by atoms with van der Waals surface area (Å²) in [7, 11) is 0. The number of piperidine rings is 1. The third kappa shape index (κ3) is 4.55. The van der Waals surface area contributed by atoms with Crippen molar-refractivity contribution in [3.8, 4) is 0 Å². The molecule has 4 aliphatic carbocycles. The molecule has 8 heteroatoms. The number of carbonyl (C=O) groups is 1. The van der Waals surface area contributed by atoms with E-state index in [0.29, 0.717) is 17.8 Å². The third-order valence-corrected chi connectivity index (χ3v) is 12.4. The minimum atomic E-state index is -0.693. The Hall–Kier alpha value is -1.90. The fourth-order valence-electron chi connectivity index (χ4n) is 10.1. The van der Waals surface area contributed by atoms with Crippen LogP contribution in [0.2, 0.25) is 0 Å². The van der Waals surface area contributed by atoms with Crippen LogP contribution in [0.5, 0.6) is 0 Å². The van der Waals surface area contributed by atoms with Crippen LogP contribution in [0.4, 0.5) is 4.79 Å². The van der Waals surface area contributed by atoms with Crippen LogP contribution in [0.1, 0.15) is 96.0 Å². The van der Waals surface area contributed by atoms with E-state index in [1.54, 1.807) is 6.26 Å². The quantitative estimate of drug-likeness (QED) is 0.396. The molecule has 1 saturated heterocycles. The highest BCUT2D eigenvalue weighted by atomic mass is 16.4. The number of hydrogen-bond donors (Lipinski definition) is 5. The van der Waals surface area contributed by atoms with E-state index < -0.39 is 5.60 Å². The number of nitrogens with one attached hydrogen (secondary N) is 3. The topological polar surface area (TPSA) is 124 Å². The van der Waals surface area contributed by atoms with Gasteiger partial charge in [-0.05, 0) is 118 Å². The van der Waals surface area contributed by atoms with Crippen molar-refractivity contribution < 1.29 is 19.4 Å². The van der Waals surface area contributed by atoms with Crippen LogP contribution in [0, 0.1) is 28.6 Å². The molecule has 5 fully saturated rings. The van der Waals surface area contributed by atoms with Crippen LogP contribution in [0.25, 0.3) is 0 Å². The molecule has 0 bridgehead atoms. The molecule has 8 nitrogen and oxygen atoms in total. The molecule has 5 N–H and O–H groups in total. The van der Waals surface area contributed by atoms with Crippen LogP contribution >= 0.6 is 0 Å². The lowest BCUT2D eigenvalue weighted by Gasteiger charge is -2.63. The van der Waals surface area contributed by atoms with Gasteiger partial charge in [0.1, 0.15) is 0 Å². The molecule has 0 spiro atoms. The van der Waals surface area contributed by atoms with Crippen LogP contribution in [-0.4, -0.2) is 53.1 Å². The number of rotatable bonds is 4. The van der Waals surface area contributed by atoms with Crippen LogP contribution < -0.4 is 21.6 Å². The first-order valence-electron chi connectivity index (χ1n) is 15.4. The largest absolute Gasteiger partial charge is 0.431 e. The molecule has 1 unspecified atom stereocenters. The van der Waals surface area contributed by atoms with Crippen molar-refractivity contribution in [3.63, 3.8) is 0 Å². The second-order valence-corrected chi connectivity index (χ2v) is 14.0. The van der Waals surface area contributed by atoms with E-state index in [1.807, 2.05) is 6.07 Å². The molecule has 39 heavy (non-hydrogen) atoms. The van der Waals surface area contributed by atoms with E-state index in [-0.39, 0.29) is 53.1 Å². The highest BCUT2D eigenvalue weighted by Gasteiger charge is 2.67. The van der Waals surface area contributed by atoms with Gasteiger partial charge < -0.3 is 30.6 Å². The molecule has 1 aromatic rings. The Balaban J connectivity index is 1.11. The van der Waals surface area contributed by atoms with Gasteiger partial charge in [0, 0.05) is 29.6 Å². The predicted molar refractivity (Wildman–Crippen MR) is 148 cm³/mol. The molecule has 2 heterocycles. The number of amides is 2. The number of aliphatic hydroxyl groups excluding tert-OH is 1. The predicted octanol–water partition coefficient (Wildman–Crippen LogP) is 3.66. The minimum absolute atomic E-state index is 0.0605. The van der Waals surface area contributed by atoms with Crippen molar-refractivity contribution in [1.29, 1.82) is 0 Å². The van der Waals surface area contributed by atoms with Gasteiger partial charge in [0.15, 0.2) is 0 Å². The van der Waals surface area contributed by atoms with Gasteiger partial charge in [0.05, 0.1) is 18.5 Å². The lowest BCUT2D eigenvalue weighted by Crippen LogP contribution is -2.62. The molecule has 4 saturated carbocycles. The highest BCUT2D eigenvalue weighted by Crippen LogP contribution is 2.70. The standard InChI is InChI=1S/C31H47N3O5/c1-29-11-7-21(33-28(37)34-22-10-14-32-23(16-22)17-35)15-20(29)4-5-26-25(29)8-12-30(2)24(9-13-31(26,30)38)19-3-6-27(36)39-18-19/h3,6,18,20-26,32,35,38H,4-5,7-17H2,1-2H3,(H2,33,34,37)/t20-,21+,22?,23+,24-,25+,26-,29+,30-,31+/m1/s1. The normalized spacial score (nSPS) is 45.5. The number of aliphatic hydroxyl groups is 2. The Bertz CT molecular complexity index is 1110. The molecule has 0 radical (unpaired) electrons. The van der Waals surface area contributed by atoms with Crippen molar-refractivity contribution >= 4 is 6.03 Å². The molecule has 216 valence electrons. The molecule has 10 atom stereocenters. The first-order chi connectivity index (χ1) is 18.7. The summed E-state index contributed by atoms with van der Waals surface area (Å²) >= 11 is 0. The summed E-state index contributed by atoms with van der Waals surface area (Å²) in [5.41, 5.74) is 0.0120. The van der Waals surface area contributed by atoms with Crippen molar-refractivity contribution in [1.82, 2.24) is 16.0 Å². The zero-order chi connectivity index (χ0) is 27.4. The van der Waals surface area contributed by atoms with Gasteiger partial charge in [-0.3, -0.25) is 0 Å². The number of urea groups is 1. The summed E-state index contributed by atoms with van der Waals surface area (Å²) in [4.78, 5) is 24.4. The van der Waals surface area contributed by atoms with Gasteiger partial charge in [0.2, 0.25) is 0 Å². The first kappa shape index (κ1) is 27.3. The highest BCUT2D eigenvalue weighted by molar-refractivity contribution is 5.74. The monoisotopic (exact) mass is 541 g/mol. The average Bonchev–Trinajstić information content (AvgIpc) is 3.20. The fraction of sp³-hybridized carbons (Fsp3) is 0.806. The van der Waals surface area contributed by atoms with Gasteiger partial charge in [0.25, 0.3) is 0 Å². The number of hydrogen-bond acceptors (Lipinski definition) is 6. The van der Waals surface area contributed by atoms with E-state index in [2.05, 4.69) is 29.8 Å². The van der Waals surface area contributed by atoms with Gasteiger partial charge in [-0.2, -0.15) is 0 Å². The number of carbonyl (C=O) groups excluding carboxylic acids is 1. The lowest BCUT2D eigenvalue weighted by molar-refractivity contribution is -0.201. The Morgan fingerprint density at radius 2 is 1.79 bits per heavy atom. The minimum Gasteiger partial charge on any atom is -0.431 e. The van der Waals surface area contributed by atoms with Gasteiger partial charge >= 0.3 is 11.7 Å². The third-order valence-electron chi connectivity index (χ3n) is 12.4. The smallest absolute Gasteiger partial charge is 0.335 e. The molecule has 2 amide bonds. The van der Waals surface area contributed by atoms with Gasteiger partial charge in [-0.25, -0.2) is 9.59 Å². The second-order valence-electron chi connectivity index (χ2n) is 14.0. The fourth-order valence-corrected chi connectivity index (χ4v) is 10.1. The van der Waals surface area contributed by atoms with Gasteiger partial charge in [-0.15, -0.1) is 0 Å². The molecule has 5 aliphatic rings. The van der Waals surface area contributed by atoms with E-state index in [0.717, 1.165) is 82.7 Å². The molecular formula is C31H47N3O5. The van der Waals surface area contributed by atoms with E-state index >= 15 is 0 Å². The first-order valence-corrected chi connectivity index (χ1v) is 15.4. The van der Waals surface area contributed by atoms with E-state index in [1.165, 1.54) is 6.07 Å². The Kier molecular flexibility index (Phi) is 7.12. The van der Waals surface area contributed by atoms with Crippen LogP contribution in [0.3, 0.4) is 0 Å². The zero-order valence-corrected chi connectivity index (χ0v) is 23.6. The Morgan fingerprint density at radius 3 is 2.54 bits per heavy atom. The molecule has 6 rings (SSSR count). The lowest BCUT2D eigenvalue weighted by atomic mass is 9.43. The Morgan fingerprint density at radius 1 is 1.00 bits per heavy atom. The van der Waals surface area contributed by atoms with E-state index in [9.17, 15) is 19.8 Å². The Labute approximate surface area is 231 Å². The summed E-state index contributed by atoms with van der Waals surface area (Å²) in [6.45, 7) is 5.67. The molecular weight excluding hydrogens is 494 g/mol. The maximum atomic E-state index is 12.8. The molecule has 1 aliphatic heterocycles. The van der Waals surface area contributed by atoms with Gasteiger partial charge in [-0.1, -0.05) is 13.8 Å². The second kappa shape index (κ2) is 10.2. The number of fused-ring (bicyclic) bond motifs is 5. The van der Waals surface area contributed by atoms with Crippen molar-refractivity contribution in [2.75, 3.05) is 13.2 Å². The maximum absolute atomic E-state index is 12.8. The summed E-state index contributed by atoms with van der Waals surface area (Å²) < 4.78 is 5.23. The van der Waals surface area contributed by atoms with Crippen molar-refractivity contribution in [2.24, 2.45) is 28.6 Å². The average molecular weight is 542 g/mol. The maximum Gasteiger partial charge on any atom is 0.335 e.